The largest absolute Gasteiger partial charge is 0.480 e. The van der Waals surface area contributed by atoms with Crippen LogP contribution in [0.15, 0.2) is 182 Å². The summed E-state index contributed by atoms with van der Waals surface area (Å²) in [7, 11) is 0. The highest BCUT2D eigenvalue weighted by Crippen LogP contribution is 2.38. The quantitative estimate of drug-likeness (QED) is 0.0285. The molecule has 0 aliphatic rings. The van der Waals surface area contributed by atoms with Gasteiger partial charge in [-0.3, -0.25) is 28.8 Å². The van der Waals surface area contributed by atoms with E-state index in [4.69, 9.17) is 4.74 Å². The SMILES string of the molecule is CC(C)C[C@@H](NC(=O)[C@@H](CC(=O)NC(c1ccccc1)(c1ccccc1)c1ccccc1)NC(=O)[C@H](CC(=O)NC(c1ccccc1)(c1ccccc1)c1ccccc1)NC(=O)[C@H](C)NC(=O)[C@@H](NC(=O)OC(C)(C)C)[C@@H](C)O)C(=O)O. The molecule has 7 amide bonds. The van der Waals surface area contributed by atoms with E-state index in [1.54, 1.807) is 71.0 Å². The Kier molecular flexibility index (Phi) is 21.4. The highest BCUT2D eigenvalue weighted by Gasteiger charge is 2.42. The minimum atomic E-state index is -1.87. The topological polar surface area (TPSA) is 270 Å². The number of carboxylic acid groups (broad SMARTS) is 1. The van der Waals surface area contributed by atoms with Gasteiger partial charge in [-0.1, -0.05) is 196 Å². The minimum absolute atomic E-state index is 0.0231. The number of hydrogen-bond acceptors (Lipinski definition) is 10. The third-order valence-corrected chi connectivity index (χ3v) is 13.5. The molecule has 6 atom stereocenters. The Labute approximate surface area is 478 Å². The van der Waals surface area contributed by atoms with Gasteiger partial charge in [-0.15, -0.1) is 0 Å². The van der Waals surface area contributed by atoms with Gasteiger partial charge in [0.15, 0.2) is 0 Å². The molecular formula is C64H73N7O11. The van der Waals surface area contributed by atoms with E-state index in [1.807, 2.05) is 146 Å². The number of nitrogens with one attached hydrogen (secondary N) is 7. The van der Waals surface area contributed by atoms with E-state index in [0.29, 0.717) is 33.4 Å². The summed E-state index contributed by atoms with van der Waals surface area (Å²) in [6.07, 6.45) is -4.13. The van der Waals surface area contributed by atoms with Crippen molar-refractivity contribution in [1.82, 2.24) is 37.2 Å². The van der Waals surface area contributed by atoms with E-state index >= 15 is 14.4 Å². The number of aliphatic hydroxyl groups is 1. The summed E-state index contributed by atoms with van der Waals surface area (Å²) < 4.78 is 5.28. The van der Waals surface area contributed by atoms with Crippen LogP contribution in [0.5, 0.6) is 0 Å². The molecule has 18 heteroatoms. The van der Waals surface area contributed by atoms with Gasteiger partial charge in [0, 0.05) is 0 Å². The molecule has 6 rings (SSSR count). The Bertz CT molecular complexity index is 2910. The van der Waals surface area contributed by atoms with Gasteiger partial charge >= 0.3 is 12.1 Å². The fourth-order valence-electron chi connectivity index (χ4n) is 9.61. The molecule has 0 fully saturated rings. The molecule has 6 aromatic carbocycles. The number of benzene rings is 6. The summed E-state index contributed by atoms with van der Waals surface area (Å²) >= 11 is 0. The smallest absolute Gasteiger partial charge is 0.408 e. The van der Waals surface area contributed by atoms with Crippen LogP contribution in [0.1, 0.15) is 101 Å². The lowest BCUT2D eigenvalue weighted by Gasteiger charge is -2.37. The zero-order valence-corrected chi connectivity index (χ0v) is 47.1. The van der Waals surface area contributed by atoms with Crippen molar-refractivity contribution in [2.75, 3.05) is 0 Å². The molecule has 0 saturated heterocycles. The van der Waals surface area contributed by atoms with Crippen molar-refractivity contribution in [3.63, 3.8) is 0 Å². The van der Waals surface area contributed by atoms with E-state index in [0.717, 1.165) is 0 Å². The van der Waals surface area contributed by atoms with Crippen LogP contribution >= 0.6 is 0 Å². The standard InChI is InChI=1S/C64H73N7O11/c1-41(2)38-52(60(79)80)68-58(77)51(40-54(74)71-64(47-32-20-11-21-33-47,48-34-22-12-23-35-48)49-36-24-13-25-37-49)67-57(76)50(66-56(75)42(3)65-59(78)55(43(4)72)69-61(81)82-62(5,6)7)39-53(73)70-63(44-26-14-8-15-27-44,45-28-16-9-17-29-45)46-30-18-10-19-31-46/h8-37,41-43,50-52,55,72H,38-40H2,1-7H3,(H,65,78)(H,66,75)(H,67,76)(H,68,77)(H,69,81)(H,70,73)(H,71,74)(H,79,80)/t42-,43+,50-,51+,52+,55-/m0/s1. The second-order valence-corrected chi connectivity index (χ2v) is 21.4. The lowest BCUT2D eigenvalue weighted by molar-refractivity contribution is -0.143. The summed E-state index contributed by atoms with van der Waals surface area (Å²) in [5.41, 5.74) is 0.0493. The van der Waals surface area contributed by atoms with Crippen LogP contribution < -0.4 is 37.2 Å². The van der Waals surface area contributed by atoms with E-state index in [1.165, 1.54) is 13.8 Å². The first-order valence-corrected chi connectivity index (χ1v) is 27.1. The van der Waals surface area contributed by atoms with Gasteiger partial charge in [-0.2, -0.15) is 0 Å². The Morgan fingerprint density at radius 1 is 0.427 bits per heavy atom. The Morgan fingerprint density at radius 3 is 1.01 bits per heavy atom. The summed E-state index contributed by atoms with van der Waals surface area (Å²) in [6.45, 7) is 10.8. The molecule has 0 spiro atoms. The number of amides is 7. The van der Waals surface area contributed by atoms with Gasteiger partial charge in [0.1, 0.15) is 46.9 Å². The number of hydrogen-bond donors (Lipinski definition) is 9. The molecule has 18 nitrogen and oxygen atoms in total. The van der Waals surface area contributed by atoms with Crippen molar-refractivity contribution in [1.29, 1.82) is 0 Å². The zero-order chi connectivity index (χ0) is 59.6. The molecule has 0 aliphatic heterocycles. The van der Waals surface area contributed by atoms with Crippen molar-refractivity contribution in [2.45, 2.75) is 121 Å². The molecule has 6 aromatic rings. The molecule has 0 aromatic heterocycles. The van der Waals surface area contributed by atoms with E-state index in [2.05, 4.69) is 37.2 Å². The van der Waals surface area contributed by atoms with Crippen LogP contribution in [0.25, 0.3) is 0 Å². The molecule has 82 heavy (non-hydrogen) atoms. The summed E-state index contributed by atoms with van der Waals surface area (Å²) in [4.78, 5) is 113. The Morgan fingerprint density at radius 2 is 0.732 bits per heavy atom. The van der Waals surface area contributed by atoms with Crippen LogP contribution in [-0.2, 0) is 49.4 Å². The first kappa shape index (κ1) is 62.0. The van der Waals surface area contributed by atoms with Crippen LogP contribution in [-0.4, -0.2) is 99.6 Å². The summed E-state index contributed by atoms with van der Waals surface area (Å²) in [5, 5.41) is 39.6. The zero-order valence-electron chi connectivity index (χ0n) is 47.1. The van der Waals surface area contributed by atoms with Crippen LogP contribution in [0.3, 0.4) is 0 Å². The second-order valence-electron chi connectivity index (χ2n) is 21.4. The number of aliphatic hydroxyl groups excluding tert-OH is 1. The number of carbonyl (C=O) groups excluding carboxylic acids is 7. The van der Waals surface area contributed by atoms with Crippen molar-refractivity contribution in [2.24, 2.45) is 5.92 Å². The lowest BCUT2D eigenvalue weighted by Crippen LogP contribution is -2.61. The predicted molar refractivity (Wildman–Crippen MR) is 309 cm³/mol. The number of carboxylic acids is 1. The van der Waals surface area contributed by atoms with Gasteiger partial charge < -0.3 is 52.2 Å². The average molecular weight is 1120 g/mol. The molecule has 0 heterocycles. The average Bonchev–Trinajstić information content (AvgIpc) is 3.63. The van der Waals surface area contributed by atoms with Crippen molar-refractivity contribution in [3.05, 3.63) is 215 Å². The number of ether oxygens (including phenoxy) is 1. The molecule has 430 valence electrons. The van der Waals surface area contributed by atoms with Gasteiger partial charge in [0.2, 0.25) is 35.4 Å². The molecule has 0 unspecified atom stereocenters. The third kappa shape index (κ3) is 16.2. The fourth-order valence-corrected chi connectivity index (χ4v) is 9.61. The fraction of sp³-hybridized carbons (Fsp3) is 0.312. The lowest BCUT2D eigenvalue weighted by atomic mass is 9.77. The van der Waals surface area contributed by atoms with Crippen molar-refractivity contribution < 1.29 is 53.3 Å². The molecular weight excluding hydrogens is 1040 g/mol. The van der Waals surface area contributed by atoms with E-state index in [-0.39, 0.29) is 12.3 Å². The summed E-state index contributed by atoms with van der Waals surface area (Å²) in [5.74, 6) is -7.39. The molecule has 0 aliphatic carbocycles. The van der Waals surface area contributed by atoms with Gasteiger partial charge in [0.05, 0.1) is 18.9 Å². The number of alkyl carbamates (subject to hydrolysis) is 1. The normalized spacial score (nSPS) is 13.8. The minimum Gasteiger partial charge on any atom is -0.480 e. The molecule has 0 saturated carbocycles. The van der Waals surface area contributed by atoms with Crippen LogP contribution in [0.2, 0.25) is 0 Å². The van der Waals surface area contributed by atoms with Gasteiger partial charge in [0.25, 0.3) is 0 Å². The Balaban J connectivity index is 1.41. The van der Waals surface area contributed by atoms with Crippen molar-refractivity contribution >= 4 is 47.5 Å². The second kappa shape index (κ2) is 28.3. The number of rotatable bonds is 25. The van der Waals surface area contributed by atoms with Gasteiger partial charge in [-0.05, 0) is 80.3 Å². The van der Waals surface area contributed by atoms with E-state index in [9.17, 15) is 34.2 Å². The van der Waals surface area contributed by atoms with E-state index < -0.39 is 113 Å². The monoisotopic (exact) mass is 1120 g/mol. The molecule has 0 radical (unpaired) electrons. The van der Waals surface area contributed by atoms with Gasteiger partial charge in [-0.25, -0.2) is 9.59 Å². The number of aliphatic carboxylic acids is 1. The number of carbonyl (C=O) groups is 8. The Hall–Kier alpha value is -9.16. The maximum Gasteiger partial charge on any atom is 0.408 e. The maximum absolute atomic E-state index is 15.2. The highest BCUT2D eigenvalue weighted by molar-refractivity contribution is 5.99. The van der Waals surface area contributed by atoms with Crippen LogP contribution in [0.4, 0.5) is 4.79 Å². The molecule has 0 bridgehead atoms. The predicted octanol–water partition coefficient (Wildman–Crippen LogP) is 6.35. The summed E-state index contributed by atoms with van der Waals surface area (Å²) in [6, 6.07) is 46.3. The maximum atomic E-state index is 15.2. The first-order chi connectivity index (χ1) is 39.0. The van der Waals surface area contributed by atoms with Crippen LogP contribution in [0, 0.1) is 5.92 Å². The molecule has 9 N–H and O–H groups in total. The first-order valence-electron chi connectivity index (χ1n) is 27.1. The highest BCUT2D eigenvalue weighted by atomic mass is 16.6. The van der Waals surface area contributed by atoms with Crippen molar-refractivity contribution in [3.8, 4) is 0 Å². The third-order valence-electron chi connectivity index (χ3n) is 13.5.